The second-order valence-electron chi connectivity index (χ2n) is 18.6. The minimum Gasteiger partial charge on any atom is -0.477 e. The Morgan fingerprint density at radius 1 is 0.884 bits per heavy atom. The number of carbonyl (C=O) groups excluding carboxylic acids is 4. The average molecular weight is 969 g/mol. The molecule has 3 aliphatic rings. The molecular formula is C47H64N6O16. The first-order chi connectivity index (χ1) is 32.5. The number of benzene rings is 2. The standard InChI is InChI=1S/C47H64N6O16/c1-22(2)25(6)67-45-43(63)42(62)41(61)33(68-45)21-66-47(46(64)65)18-31(56)38(48-26(7)55)44(69-47)40(60)32(57)20-53-39-28-13-9-8-12-27(28)19-52(30-15-11-10-14-29(30)37(39)50-51-53)35(59)17-16-34(58)49-36(23(3)4)24(5)54/h8-15,22-23,25,31-33,36,38,40-45,56-57,60-63H,16-21H2,1-7H3,(H,48,55)(H,49,58)(H,64,65)/t25?,31?,32?,33?,36-,38?,40?,41?,42?,43?,44-,45?,47?/m0/s1. The van der Waals surface area contributed by atoms with Gasteiger partial charge in [0, 0.05) is 37.3 Å². The number of carbonyl (C=O) groups is 5. The normalized spacial score (nSPS) is 27.4. The molecule has 2 aromatic carbocycles. The van der Waals surface area contributed by atoms with Crippen molar-refractivity contribution in [3.05, 3.63) is 54.1 Å². The van der Waals surface area contributed by atoms with Crippen molar-refractivity contribution in [2.45, 2.75) is 160 Å². The molecule has 69 heavy (non-hydrogen) atoms. The molecule has 2 saturated heterocycles. The Bertz CT molecular complexity index is 2330. The average Bonchev–Trinajstić information content (AvgIpc) is 3.70. The number of hydrogen-bond acceptors (Lipinski definition) is 17. The Morgan fingerprint density at radius 3 is 2.19 bits per heavy atom. The Balaban J connectivity index is 1.27. The summed E-state index contributed by atoms with van der Waals surface area (Å²) in [7, 11) is 0. The molecule has 3 amide bonds. The molecule has 3 aliphatic heterocycles. The summed E-state index contributed by atoms with van der Waals surface area (Å²) in [4.78, 5) is 66.1. The lowest BCUT2D eigenvalue weighted by Crippen LogP contribution is -2.68. The highest BCUT2D eigenvalue weighted by molar-refractivity contribution is 6.01. The molecule has 0 spiro atoms. The minimum absolute atomic E-state index is 0.0299. The Labute approximate surface area is 398 Å². The van der Waals surface area contributed by atoms with Gasteiger partial charge in [-0.05, 0) is 37.3 Å². The van der Waals surface area contributed by atoms with Crippen LogP contribution >= 0.6 is 0 Å². The maximum atomic E-state index is 14.0. The number of hydrogen-bond donors (Lipinski definition) is 9. The summed E-state index contributed by atoms with van der Waals surface area (Å²) in [5, 5.41) is 91.9. The van der Waals surface area contributed by atoms with Crippen LogP contribution in [0.15, 0.2) is 48.5 Å². The van der Waals surface area contributed by atoms with Crippen LogP contribution in [0.3, 0.4) is 0 Å². The van der Waals surface area contributed by atoms with Gasteiger partial charge in [-0.3, -0.25) is 19.2 Å². The van der Waals surface area contributed by atoms with E-state index in [0.29, 0.717) is 28.1 Å². The van der Waals surface area contributed by atoms with Gasteiger partial charge < -0.3 is 70.2 Å². The summed E-state index contributed by atoms with van der Waals surface area (Å²) in [6.45, 7) is 10.2. The van der Waals surface area contributed by atoms with Gasteiger partial charge in [-0.15, -0.1) is 5.10 Å². The van der Waals surface area contributed by atoms with E-state index in [-0.39, 0.29) is 48.6 Å². The highest BCUT2D eigenvalue weighted by Gasteiger charge is 2.57. The predicted molar refractivity (Wildman–Crippen MR) is 242 cm³/mol. The van der Waals surface area contributed by atoms with Gasteiger partial charge in [0.05, 0.1) is 55.4 Å². The van der Waals surface area contributed by atoms with Gasteiger partial charge in [-0.2, -0.15) is 0 Å². The van der Waals surface area contributed by atoms with Gasteiger partial charge in [-0.25, -0.2) is 9.48 Å². The zero-order chi connectivity index (χ0) is 50.6. The number of aromatic nitrogens is 3. The van der Waals surface area contributed by atoms with E-state index in [1.54, 1.807) is 55.5 Å². The lowest BCUT2D eigenvalue weighted by molar-refractivity contribution is -0.342. The highest BCUT2D eigenvalue weighted by Crippen LogP contribution is 2.42. The number of amides is 3. The van der Waals surface area contributed by atoms with Crippen LogP contribution in [-0.2, 0) is 56.0 Å². The molecule has 378 valence electrons. The number of rotatable bonds is 18. The number of carboxylic acids is 1. The van der Waals surface area contributed by atoms with Gasteiger partial charge in [0.25, 0.3) is 5.79 Å². The van der Waals surface area contributed by atoms with Crippen LogP contribution in [0.2, 0.25) is 0 Å². The van der Waals surface area contributed by atoms with Crippen LogP contribution in [0.4, 0.5) is 5.69 Å². The van der Waals surface area contributed by atoms with Crippen LogP contribution in [0.25, 0.3) is 22.5 Å². The van der Waals surface area contributed by atoms with Crippen molar-refractivity contribution >= 4 is 35.2 Å². The molecule has 13 atom stereocenters. The summed E-state index contributed by atoms with van der Waals surface area (Å²) >= 11 is 0. The number of anilines is 1. The molecular weight excluding hydrogens is 905 g/mol. The van der Waals surface area contributed by atoms with Crippen molar-refractivity contribution in [1.82, 2.24) is 25.6 Å². The molecule has 1 aromatic heterocycles. The number of aliphatic hydroxyl groups excluding tert-OH is 6. The third-order valence-corrected chi connectivity index (χ3v) is 12.9. The number of ketones is 1. The SMILES string of the molecule is CC(=O)NC1C(O)CC(OCC2OC(OC(C)C(C)C)C(O)C(O)C2O)(C(=O)O)O[C@@H]1C(O)C(O)Cn1nnc2c1-c1ccccc1CN(C(=O)CCC(=O)N[C@H](C(C)=O)C(C)C)c1ccccc1-2. The van der Waals surface area contributed by atoms with Crippen LogP contribution < -0.4 is 15.5 Å². The maximum Gasteiger partial charge on any atom is 0.364 e. The van der Waals surface area contributed by atoms with Crippen LogP contribution in [-0.4, -0.2) is 166 Å². The van der Waals surface area contributed by atoms with Crippen molar-refractivity contribution in [3.8, 4) is 22.5 Å². The first-order valence-electron chi connectivity index (χ1n) is 23.0. The summed E-state index contributed by atoms with van der Waals surface area (Å²) in [5.41, 5.74) is 2.72. The molecule has 22 nitrogen and oxygen atoms in total. The molecule has 6 rings (SSSR count). The van der Waals surface area contributed by atoms with Crippen molar-refractivity contribution in [2.24, 2.45) is 11.8 Å². The molecule has 9 N–H and O–H groups in total. The van der Waals surface area contributed by atoms with Crippen molar-refractivity contribution < 1.29 is 78.7 Å². The second-order valence-corrected chi connectivity index (χ2v) is 18.6. The van der Waals surface area contributed by atoms with E-state index in [2.05, 4.69) is 20.9 Å². The van der Waals surface area contributed by atoms with E-state index in [1.807, 2.05) is 27.7 Å². The lowest BCUT2D eigenvalue weighted by atomic mass is 9.88. The second kappa shape index (κ2) is 22.2. The van der Waals surface area contributed by atoms with Crippen molar-refractivity contribution in [3.63, 3.8) is 0 Å². The van der Waals surface area contributed by atoms with Gasteiger partial charge in [0.2, 0.25) is 17.7 Å². The fraction of sp³-hybridized carbons (Fsp3) is 0.596. The van der Waals surface area contributed by atoms with E-state index in [9.17, 15) is 59.7 Å². The molecule has 0 saturated carbocycles. The number of fused-ring (bicyclic) bond motifs is 5. The van der Waals surface area contributed by atoms with Crippen molar-refractivity contribution in [1.29, 1.82) is 0 Å². The first kappa shape index (κ1) is 53.1. The fourth-order valence-electron chi connectivity index (χ4n) is 8.71. The predicted octanol–water partition coefficient (Wildman–Crippen LogP) is 0.0112. The minimum atomic E-state index is -2.80. The molecule has 0 bridgehead atoms. The monoisotopic (exact) mass is 968 g/mol. The molecule has 0 radical (unpaired) electrons. The summed E-state index contributed by atoms with van der Waals surface area (Å²) in [5.74, 6) is -6.51. The fourth-order valence-corrected chi connectivity index (χ4v) is 8.71. The number of Topliss-reactive ketones (excluding diaryl/α,β-unsaturated/α-hetero) is 1. The molecule has 11 unspecified atom stereocenters. The zero-order valence-electron chi connectivity index (χ0n) is 39.5. The first-order valence-corrected chi connectivity index (χ1v) is 23.0. The lowest BCUT2D eigenvalue weighted by Gasteiger charge is -2.47. The number of para-hydroxylation sites is 1. The molecule has 4 heterocycles. The van der Waals surface area contributed by atoms with E-state index in [1.165, 1.54) is 16.5 Å². The Kier molecular flexibility index (Phi) is 17.1. The van der Waals surface area contributed by atoms with Crippen molar-refractivity contribution in [2.75, 3.05) is 11.5 Å². The molecule has 2 fully saturated rings. The smallest absolute Gasteiger partial charge is 0.364 e. The summed E-state index contributed by atoms with van der Waals surface area (Å²) in [6.07, 6.45) is -17.5. The molecule has 22 heteroatoms. The summed E-state index contributed by atoms with van der Waals surface area (Å²) in [6, 6.07) is 11.7. The Morgan fingerprint density at radius 2 is 1.55 bits per heavy atom. The number of aliphatic carboxylic acids is 1. The van der Waals surface area contributed by atoms with E-state index in [0.717, 1.165) is 6.92 Å². The number of ether oxygens (including phenoxy) is 4. The maximum absolute atomic E-state index is 14.0. The Hall–Kier alpha value is -5.27. The third kappa shape index (κ3) is 11.7. The van der Waals surface area contributed by atoms with E-state index in [4.69, 9.17) is 18.9 Å². The zero-order valence-corrected chi connectivity index (χ0v) is 39.5. The number of nitrogens with zero attached hydrogens (tertiary/aromatic N) is 4. The van der Waals surface area contributed by atoms with E-state index >= 15 is 0 Å². The number of nitrogens with one attached hydrogen (secondary N) is 2. The third-order valence-electron chi connectivity index (χ3n) is 12.9. The summed E-state index contributed by atoms with van der Waals surface area (Å²) < 4.78 is 24.5. The van der Waals surface area contributed by atoms with Gasteiger partial charge in [0.15, 0.2) is 12.1 Å². The quantitative estimate of drug-likeness (QED) is 0.0811. The van der Waals surface area contributed by atoms with Crippen LogP contribution in [0, 0.1) is 11.8 Å². The van der Waals surface area contributed by atoms with Crippen LogP contribution in [0.1, 0.15) is 73.3 Å². The topological polar surface area (TPSA) is 322 Å². The number of carboxylic acid groups (broad SMARTS) is 1. The van der Waals surface area contributed by atoms with Gasteiger partial charge in [-0.1, -0.05) is 75.4 Å². The van der Waals surface area contributed by atoms with Gasteiger partial charge in [0.1, 0.15) is 48.4 Å². The molecule has 3 aromatic rings. The van der Waals surface area contributed by atoms with Crippen LogP contribution in [0.5, 0.6) is 0 Å². The van der Waals surface area contributed by atoms with Gasteiger partial charge >= 0.3 is 5.97 Å². The number of aliphatic hydroxyl groups is 6. The molecule has 0 aliphatic carbocycles. The largest absolute Gasteiger partial charge is 0.477 e. The van der Waals surface area contributed by atoms with E-state index < -0.39 is 116 Å². The highest BCUT2D eigenvalue weighted by atomic mass is 16.7.